The molecule has 0 amide bonds. The molecular formula is C17H18Cl2N2O2. The van der Waals surface area contributed by atoms with Crippen LogP contribution in [-0.2, 0) is 5.60 Å². The molecule has 6 heteroatoms. The summed E-state index contributed by atoms with van der Waals surface area (Å²) < 4.78 is 0. The van der Waals surface area contributed by atoms with Gasteiger partial charge in [0.15, 0.2) is 0 Å². The molecule has 0 bridgehead atoms. The van der Waals surface area contributed by atoms with Crippen LogP contribution < -0.4 is 0 Å². The molecule has 0 saturated heterocycles. The SMILES string of the molecule is CCC(c1ccc(Cl)cc1Cl)C(O)(/C(C)=N/O)c1cccnc1. The minimum atomic E-state index is -1.53. The van der Waals surface area contributed by atoms with Gasteiger partial charge >= 0.3 is 0 Å². The number of oxime groups is 1. The summed E-state index contributed by atoms with van der Waals surface area (Å²) in [5.41, 5.74) is -0.0978. The zero-order chi connectivity index (χ0) is 17.0. The van der Waals surface area contributed by atoms with E-state index in [-0.39, 0.29) is 5.71 Å². The fourth-order valence-electron chi connectivity index (χ4n) is 2.85. The summed E-state index contributed by atoms with van der Waals surface area (Å²) in [6, 6.07) is 8.61. The minimum absolute atomic E-state index is 0.170. The zero-order valence-corrected chi connectivity index (χ0v) is 14.4. The third kappa shape index (κ3) is 3.34. The van der Waals surface area contributed by atoms with Crippen molar-refractivity contribution in [3.8, 4) is 0 Å². The molecule has 2 rings (SSSR count). The third-order valence-electron chi connectivity index (χ3n) is 4.05. The number of rotatable bonds is 5. The molecule has 0 aliphatic rings. The van der Waals surface area contributed by atoms with Gasteiger partial charge < -0.3 is 10.3 Å². The molecule has 122 valence electrons. The van der Waals surface area contributed by atoms with Gasteiger partial charge in [-0.2, -0.15) is 0 Å². The molecule has 1 heterocycles. The first kappa shape index (κ1) is 17.7. The van der Waals surface area contributed by atoms with Crippen LogP contribution in [0.2, 0.25) is 10.0 Å². The van der Waals surface area contributed by atoms with Crippen LogP contribution in [0.25, 0.3) is 0 Å². The molecule has 2 unspecified atom stereocenters. The summed E-state index contributed by atoms with van der Waals surface area (Å²) in [4.78, 5) is 4.06. The van der Waals surface area contributed by atoms with E-state index in [2.05, 4.69) is 10.1 Å². The Bertz CT molecular complexity index is 707. The quantitative estimate of drug-likeness (QED) is 0.468. The second-order valence-corrected chi connectivity index (χ2v) is 6.16. The Labute approximate surface area is 145 Å². The maximum atomic E-state index is 11.4. The highest BCUT2D eigenvalue weighted by molar-refractivity contribution is 6.35. The molecule has 1 aromatic carbocycles. The number of nitrogens with zero attached hydrogens (tertiary/aromatic N) is 2. The van der Waals surface area contributed by atoms with Crippen molar-refractivity contribution >= 4 is 28.9 Å². The average Bonchev–Trinajstić information content (AvgIpc) is 2.57. The van der Waals surface area contributed by atoms with E-state index in [4.69, 9.17) is 23.2 Å². The van der Waals surface area contributed by atoms with Crippen molar-refractivity contribution in [2.75, 3.05) is 0 Å². The van der Waals surface area contributed by atoms with Crippen LogP contribution in [0.4, 0.5) is 0 Å². The molecule has 0 saturated carbocycles. The summed E-state index contributed by atoms with van der Waals surface area (Å²) in [5.74, 6) is -0.424. The third-order valence-corrected chi connectivity index (χ3v) is 4.62. The van der Waals surface area contributed by atoms with Crippen LogP contribution in [0, 0.1) is 0 Å². The number of aliphatic hydroxyl groups is 1. The lowest BCUT2D eigenvalue weighted by molar-refractivity contribution is 0.0721. The van der Waals surface area contributed by atoms with Gasteiger partial charge in [-0.15, -0.1) is 0 Å². The van der Waals surface area contributed by atoms with Crippen molar-refractivity contribution in [3.05, 3.63) is 63.9 Å². The lowest BCUT2D eigenvalue weighted by atomic mass is 9.73. The van der Waals surface area contributed by atoms with E-state index in [0.29, 0.717) is 22.0 Å². The second-order valence-electron chi connectivity index (χ2n) is 5.32. The van der Waals surface area contributed by atoms with Crippen LogP contribution in [0.3, 0.4) is 0 Å². The van der Waals surface area contributed by atoms with E-state index >= 15 is 0 Å². The number of halogens is 2. The van der Waals surface area contributed by atoms with Crippen molar-refractivity contribution in [2.45, 2.75) is 31.8 Å². The Morgan fingerprint density at radius 3 is 2.61 bits per heavy atom. The predicted octanol–water partition coefficient (Wildman–Crippen LogP) is 4.62. The van der Waals surface area contributed by atoms with Gasteiger partial charge in [0, 0.05) is 33.9 Å². The number of benzene rings is 1. The van der Waals surface area contributed by atoms with Crippen molar-refractivity contribution < 1.29 is 10.3 Å². The normalized spacial score (nSPS) is 16.0. The predicted molar refractivity (Wildman–Crippen MR) is 92.5 cm³/mol. The van der Waals surface area contributed by atoms with Gasteiger partial charge in [-0.25, -0.2) is 0 Å². The number of hydrogen-bond donors (Lipinski definition) is 2. The van der Waals surface area contributed by atoms with Gasteiger partial charge in [0.25, 0.3) is 0 Å². The average molecular weight is 353 g/mol. The van der Waals surface area contributed by atoms with Crippen molar-refractivity contribution in [1.29, 1.82) is 0 Å². The van der Waals surface area contributed by atoms with Crippen LogP contribution >= 0.6 is 23.2 Å². The largest absolute Gasteiger partial charge is 0.411 e. The van der Waals surface area contributed by atoms with Crippen molar-refractivity contribution in [2.24, 2.45) is 5.16 Å². The van der Waals surface area contributed by atoms with E-state index < -0.39 is 11.5 Å². The summed E-state index contributed by atoms with van der Waals surface area (Å²) in [5, 5.41) is 24.9. The zero-order valence-electron chi connectivity index (χ0n) is 12.9. The molecule has 0 aliphatic heterocycles. The Morgan fingerprint density at radius 2 is 2.09 bits per heavy atom. The molecule has 0 radical (unpaired) electrons. The molecule has 2 N–H and O–H groups in total. The van der Waals surface area contributed by atoms with Crippen LogP contribution in [0.1, 0.15) is 37.3 Å². The molecular weight excluding hydrogens is 335 g/mol. The Balaban J connectivity index is 2.66. The minimum Gasteiger partial charge on any atom is -0.411 e. The first-order chi connectivity index (χ1) is 10.9. The molecule has 1 aromatic heterocycles. The molecule has 23 heavy (non-hydrogen) atoms. The first-order valence-electron chi connectivity index (χ1n) is 7.22. The summed E-state index contributed by atoms with van der Waals surface area (Å²) in [7, 11) is 0. The van der Waals surface area contributed by atoms with E-state index in [1.165, 1.54) is 0 Å². The van der Waals surface area contributed by atoms with Gasteiger partial charge in [-0.05, 0) is 37.1 Å². The highest BCUT2D eigenvalue weighted by atomic mass is 35.5. The Kier molecular flexibility index (Phi) is 5.63. The topological polar surface area (TPSA) is 65.7 Å². The second kappa shape index (κ2) is 7.30. The monoisotopic (exact) mass is 352 g/mol. The van der Waals surface area contributed by atoms with Gasteiger partial charge in [0.2, 0.25) is 0 Å². The fourth-order valence-corrected chi connectivity index (χ4v) is 3.39. The van der Waals surface area contributed by atoms with Crippen LogP contribution in [0.5, 0.6) is 0 Å². The molecule has 0 aliphatic carbocycles. The Hall–Kier alpha value is -1.62. The molecule has 2 aromatic rings. The van der Waals surface area contributed by atoms with Gasteiger partial charge in [0.05, 0.1) is 5.71 Å². The number of pyridine rings is 1. The highest BCUT2D eigenvalue weighted by Crippen LogP contribution is 2.43. The van der Waals surface area contributed by atoms with Gasteiger partial charge in [0.1, 0.15) is 5.60 Å². The maximum absolute atomic E-state index is 11.4. The summed E-state index contributed by atoms with van der Waals surface area (Å²) in [6.07, 6.45) is 3.74. The smallest absolute Gasteiger partial charge is 0.139 e. The van der Waals surface area contributed by atoms with Crippen molar-refractivity contribution in [1.82, 2.24) is 4.98 Å². The lowest BCUT2D eigenvalue weighted by Crippen LogP contribution is -2.40. The van der Waals surface area contributed by atoms with Crippen molar-refractivity contribution in [3.63, 3.8) is 0 Å². The highest BCUT2D eigenvalue weighted by Gasteiger charge is 2.42. The standard InChI is InChI=1S/C17H18Cl2N2O2/c1-3-15(14-7-6-13(18)9-16(14)19)17(22,11(2)21-23)12-5-4-8-20-10-12/h4-10,15,22-23H,3H2,1-2H3/b21-11+. The van der Waals surface area contributed by atoms with E-state index in [9.17, 15) is 10.3 Å². The maximum Gasteiger partial charge on any atom is 0.139 e. The van der Waals surface area contributed by atoms with Crippen LogP contribution in [0.15, 0.2) is 47.9 Å². The number of aromatic nitrogens is 1. The molecule has 0 fully saturated rings. The lowest BCUT2D eigenvalue weighted by Gasteiger charge is -2.36. The summed E-state index contributed by atoms with van der Waals surface area (Å²) in [6.45, 7) is 3.50. The number of hydrogen-bond acceptors (Lipinski definition) is 4. The van der Waals surface area contributed by atoms with E-state index in [0.717, 1.165) is 5.56 Å². The summed E-state index contributed by atoms with van der Waals surface area (Å²) >= 11 is 12.3. The van der Waals surface area contributed by atoms with Gasteiger partial charge in [-0.3, -0.25) is 4.98 Å². The molecule has 4 nitrogen and oxygen atoms in total. The first-order valence-corrected chi connectivity index (χ1v) is 7.97. The Morgan fingerprint density at radius 1 is 1.35 bits per heavy atom. The molecule has 0 spiro atoms. The van der Waals surface area contributed by atoms with E-state index in [1.807, 2.05) is 6.92 Å². The van der Waals surface area contributed by atoms with E-state index in [1.54, 1.807) is 49.6 Å². The van der Waals surface area contributed by atoms with Crippen LogP contribution in [-0.4, -0.2) is 21.0 Å². The fraction of sp³-hybridized carbons (Fsp3) is 0.294. The molecule has 2 atom stereocenters. The van der Waals surface area contributed by atoms with Gasteiger partial charge in [-0.1, -0.05) is 47.4 Å².